The van der Waals surface area contributed by atoms with E-state index < -0.39 is 28.0 Å². The van der Waals surface area contributed by atoms with E-state index in [1.807, 2.05) is 0 Å². The fraction of sp³-hybridized carbons (Fsp3) is 0.250. The number of nitriles is 1. The van der Waals surface area contributed by atoms with E-state index >= 15 is 0 Å². The van der Waals surface area contributed by atoms with Crippen LogP contribution in [0.25, 0.3) is 0 Å². The summed E-state index contributed by atoms with van der Waals surface area (Å²) >= 11 is 0. The van der Waals surface area contributed by atoms with E-state index in [1.165, 1.54) is 6.92 Å². The van der Waals surface area contributed by atoms with Gasteiger partial charge in [0, 0.05) is 18.9 Å². The first-order valence-electron chi connectivity index (χ1n) is 7.34. The van der Waals surface area contributed by atoms with Gasteiger partial charge in [-0.2, -0.15) is 22.7 Å². The van der Waals surface area contributed by atoms with Crippen LogP contribution >= 0.6 is 0 Å². The first kappa shape index (κ1) is 19.8. The zero-order valence-corrected chi connectivity index (χ0v) is 14.3. The van der Waals surface area contributed by atoms with Crippen LogP contribution in [-0.2, 0) is 9.92 Å². The molecule has 0 fully saturated rings. The van der Waals surface area contributed by atoms with Gasteiger partial charge in [0.1, 0.15) is 27.8 Å². The van der Waals surface area contributed by atoms with Gasteiger partial charge in [0.15, 0.2) is 0 Å². The monoisotopic (exact) mass is 386 g/mol. The van der Waals surface area contributed by atoms with Crippen LogP contribution in [0.15, 0.2) is 47.6 Å². The van der Waals surface area contributed by atoms with E-state index in [0.717, 1.165) is 42.7 Å². The highest BCUT2D eigenvalue weighted by Crippen LogP contribution is 2.40. The maximum Gasteiger partial charge on any atom is 0.409 e. The van der Waals surface area contributed by atoms with Crippen LogP contribution in [0, 0.1) is 21.9 Å². The predicted molar refractivity (Wildman–Crippen MR) is 85.7 cm³/mol. The van der Waals surface area contributed by atoms with Gasteiger partial charge >= 0.3 is 6.18 Å². The van der Waals surface area contributed by atoms with E-state index in [-0.39, 0.29) is 22.6 Å². The Morgan fingerprint density at radius 1 is 1.31 bits per heavy atom. The molecule has 10 heteroatoms. The molecular weight excluding hydrogens is 372 g/mol. The summed E-state index contributed by atoms with van der Waals surface area (Å²) in [5.41, 5.74) is -0.367. The molecule has 1 aromatic heterocycles. The third-order valence-corrected chi connectivity index (χ3v) is 5.58. The summed E-state index contributed by atoms with van der Waals surface area (Å²) in [7, 11) is -4.12. The number of alkyl halides is 3. The molecular formula is C16H14F4N4OS. The van der Waals surface area contributed by atoms with E-state index in [2.05, 4.69) is 4.98 Å². The quantitative estimate of drug-likeness (QED) is 0.788. The van der Waals surface area contributed by atoms with Crippen LogP contribution in [0.1, 0.15) is 24.1 Å². The summed E-state index contributed by atoms with van der Waals surface area (Å²) in [6.45, 7) is 0.957. The van der Waals surface area contributed by atoms with Crippen LogP contribution in [0.2, 0.25) is 0 Å². The molecule has 0 aliphatic carbocycles. The number of nitrogens with zero attached hydrogens (tertiary/aromatic N) is 3. The second-order valence-electron chi connectivity index (χ2n) is 5.28. The Morgan fingerprint density at radius 3 is 2.42 bits per heavy atom. The van der Waals surface area contributed by atoms with Gasteiger partial charge in [-0.1, -0.05) is 19.1 Å². The second-order valence-corrected chi connectivity index (χ2v) is 7.27. The number of rotatable bonds is 5. The van der Waals surface area contributed by atoms with Gasteiger partial charge in [-0.3, -0.25) is 4.98 Å². The number of benzene rings is 1. The molecule has 2 aromatic rings. The lowest BCUT2D eigenvalue weighted by Crippen LogP contribution is -2.41. The van der Waals surface area contributed by atoms with Gasteiger partial charge in [0.05, 0.1) is 10.5 Å². The number of nitrogens with one attached hydrogen (secondary N) is 1. The van der Waals surface area contributed by atoms with Crippen molar-refractivity contribution in [1.82, 2.24) is 9.29 Å². The number of hydrogen-bond acceptors (Lipinski definition) is 4. The molecule has 2 atom stereocenters. The summed E-state index contributed by atoms with van der Waals surface area (Å²) in [4.78, 5) is 3.35. The third kappa shape index (κ3) is 4.00. The molecule has 0 amide bonds. The van der Waals surface area contributed by atoms with Crippen molar-refractivity contribution in [3.8, 4) is 6.07 Å². The number of halogens is 4. The minimum Gasteiger partial charge on any atom is -0.262 e. The van der Waals surface area contributed by atoms with E-state index in [9.17, 15) is 21.8 Å². The molecule has 1 heterocycles. The topological polar surface area (TPSA) is 80.8 Å². The average molecular weight is 386 g/mol. The second kappa shape index (κ2) is 7.39. The maximum atomic E-state index is 13.7. The zero-order valence-electron chi connectivity index (χ0n) is 13.5. The normalized spacial score (nSPS) is 15.3. The number of aromatic nitrogens is 1. The Labute approximate surface area is 148 Å². The zero-order chi connectivity index (χ0) is 19.5. The summed E-state index contributed by atoms with van der Waals surface area (Å²) in [5, 5.41) is 8.89. The van der Waals surface area contributed by atoms with Crippen LogP contribution in [-0.4, -0.2) is 26.2 Å². The molecule has 1 unspecified atom stereocenters. The summed E-state index contributed by atoms with van der Waals surface area (Å²) in [6, 6.07) is 4.04. The summed E-state index contributed by atoms with van der Waals surface area (Å²) in [6.07, 6.45) is -2.72. The predicted octanol–water partition coefficient (Wildman–Crippen LogP) is 4.04. The van der Waals surface area contributed by atoms with Gasteiger partial charge in [-0.05, 0) is 23.8 Å². The van der Waals surface area contributed by atoms with Crippen molar-refractivity contribution in [2.24, 2.45) is 0 Å². The number of pyridine rings is 1. The van der Waals surface area contributed by atoms with Gasteiger partial charge < -0.3 is 0 Å². The molecule has 1 aromatic carbocycles. The van der Waals surface area contributed by atoms with Crippen molar-refractivity contribution in [3.63, 3.8) is 0 Å². The van der Waals surface area contributed by atoms with Gasteiger partial charge in [0.2, 0.25) is 0 Å². The molecule has 26 heavy (non-hydrogen) atoms. The molecule has 138 valence electrons. The maximum absolute atomic E-state index is 13.7. The Kier molecular flexibility index (Phi) is 5.63. The molecule has 0 aliphatic heterocycles. The summed E-state index contributed by atoms with van der Waals surface area (Å²) < 4.78 is 75.8. The van der Waals surface area contributed by atoms with E-state index in [0.29, 0.717) is 4.31 Å². The highest BCUT2D eigenvalue weighted by atomic mass is 32.2. The fourth-order valence-corrected chi connectivity index (χ4v) is 4.11. The first-order chi connectivity index (χ1) is 12.1. The van der Waals surface area contributed by atoms with Crippen LogP contribution in [0.5, 0.6) is 0 Å². The van der Waals surface area contributed by atoms with Gasteiger partial charge in [-0.25, -0.2) is 13.4 Å². The SMILES string of the molecule is CCN([C@H](c1ccc(F)cc1)C(F)(F)F)S(=N)(=O)c1cncc(C#N)c1. The molecule has 0 bridgehead atoms. The Bertz CT molecular complexity index is 921. The van der Waals surface area contributed by atoms with Crippen molar-refractivity contribution in [2.45, 2.75) is 24.0 Å². The molecule has 1 N–H and O–H groups in total. The van der Waals surface area contributed by atoms with Crippen LogP contribution in [0.3, 0.4) is 0 Å². The fourth-order valence-electron chi connectivity index (χ4n) is 2.44. The van der Waals surface area contributed by atoms with Crippen molar-refractivity contribution in [1.29, 1.82) is 10.0 Å². The molecule has 2 rings (SSSR count). The Balaban J connectivity index is 2.60. The van der Waals surface area contributed by atoms with Crippen LogP contribution in [0.4, 0.5) is 17.6 Å². The van der Waals surface area contributed by atoms with E-state index in [1.54, 1.807) is 6.07 Å². The lowest BCUT2D eigenvalue weighted by atomic mass is 10.1. The number of hydrogen-bond donors (Lipinski definition) is 1. The van der Waals surface area contributed by atoms with Crippen LogP contribution < -0.4 is 0 Å². The van der Waals surface area contributed by atoms with Crippen molar-refractivity contribution >= 4 is 9.92 Å². The molecule has 0 saturated heterocycles. The van der Waals surface area contributed by atoms with Gasteiger partial charge in [-0.15, -0.1) is 0 Å². The van der Waals surface area contributed by atoms with Crippen molar-refractivity contribution in [3.05, 3.63) is 59.7 Å². The Hall–Kier alpha value is -2.51. The highest BCUT2D eigenvalue weighted by molar-refractivity contribution is 7.90. The third-order valence-electron chi connectivity index (χ3n) is 3.59. The highest BCUT2D eigenvalue weighted by Gasteiger charge is 2.47. The summed E-state index contributed by atoms with van der Waals surface area (Å²) in [5.74, 6) is -0.713. The molecule has 0 saturated carbocycles. The lowest BCUT2D eigenvalue weighted by Gasteiger charge is -2.33. The minimum absolute atomic E-state index is 0.0242. The minimum atomic E-state index is -4.86. The molecule has 0 spiro atoms. The lowest BCUT2D eigenvalue weighted by molar-refractivity contribution is -0.173. The average Bonchev–Trinajstić information content (AvgIpc) is 2.59. The Morgan fingerprint density at radius 2 is 1.92 bits per heavy atom. The van der Waals surface area contributed by atoms with E-state index in [4.69, 9.17) is 10.0 Å². The van der Waals surface area contributed by atoms with Crippen molar-refractivity contribution in [2.75, 3.05) is 6.54 Å². The smallest absolute Gasteiger partial charge is 0.262 e. The standard InChI is InChI=1S/C16H14F4N4OS/c1-2-24(26(22,25)14-7-11(8-21)9-23-10-14)15(16(18,19)20)12-3-5-13(17)6-4-12/h3-7,9-10,15,22H,2H2,1H3/t15-,26?/m1/s1. The first-order valence-corrected chi connectivity index (χ1v) is 8.85. The molecule has 0 aliphatic rings. The molecule has 5 nitrogen and oxygen atoms in total. The largest absolute Gasteiger partial charge is 0.409 e. The van der Waals surface area contributed by atoms with Gasteiger partial charge in [0.25, 0.3) is 0 Å². The van der Waals surface area contributed by atoms with Crippen molar-refractivity contribution < 1.29 is 21.8 Å². The molecule has 0 radical (unpaired) electrons.